The van der Waals surface area contributed by atoms with Crippen LogP contribution in [-0.4, -0.2) is 21.6 Å². The first-order valence-electron chi connectivity index (χ1n) is 9.66. The predicted octanol–water partition coefficient (Wildman–Crippen LogP) is 4.32. The Morgan fingerprint density at radius 2 is 1.79 bits per heavy atom. The highest BCUT2D eigenvalue weighted by molar-refractivity contribution is 5.56. The number of nitrogens with one attached hydrogen (secondary N) is 1. The fourth-order valence-electron chi connectivity index (χ4n) is 3.55. The van der Waals surface area contributed by atoms with E-state index in [-0.39, 0.29) is 0 Å². The highest BCUT2D eigenvalue weighted by Crippen LogP contribution is 2.28. The number of nitrogens with zero attached hydrogens (tertiary/aromatic N) is 3. The van der Waals surface area contributed by atoms with Crippen LogP contribution in [0.2, 0.25) is 0 Å². The second kappa shape index (κ2) is 7.24. The zero-order valence-corrected chi connectivity index (χ0v) is 16.6. The van der Waals surface area contributed by atoms with Gasteiger partial charge in [0.1, 0.15) is 5.82 Å². The molecule has 2 aromatic carbocycles. The van der Waals surface area contributed by atoms with Crippen LogP contribution in [0.15, 0.2) is 54.6 Å². The second-order valence-corrected chi connectivity index (χ2v) is 7.90. The van der Waals surface area contributed by atoms with Crippen molar-refractivity contribution in [3.8, 4) is 0 Å². The Balaban J connectivity index is 1.57. The van der Waals surface area contributed by atoms with E-state index in [9.17, 15) is 5.11 Å². The molecule has 0 unspecified atom stereocenters. The minimum Gasteiger partial charge on any atom is -0.386 e. The third-order valence-electron chi connectivity index (χ3n) is 5.12. The highest BCUT2D eigenvalue weighted by atomic mass is 16.3. The minimum atomic E-state index is -0.812. The second-order valence-electron chi connectivity index (χ2n) is 7.90. The lowest BCUT2D eigenvalue weighted by Crippen LogP contribution is -2.31. The van der Waals surface area contributed by atoms with Gasteiger partial charge in [-0.1, -0.05) is 36.4 Å². The zero-order chi connectivity index (χ0) is 19.7. The molecule has 2 N–H and O–H groups in total. The molecule has 0 radical (unpaired) electrons. The summed E-state index contributed by atoms with van der Waals surface area (Å²) < 4.78 is 0. The lowest BCUT2D eigenvalue weighted by atomic mass is 9.91. The van der Waals surface area contributed by atoms with E-state index in [1.807, 2.05) is 63.2 Å². The standard InChI is InChI=1S/C23H26N4O/c1-16-13-21(26-22(24-16)25-20-7-5-4-6-8-20)27-12-11-17-14-19(23(2,3)28)10-9-18(17)15-27/h4-10,13-14,28H,11-12,15H2,1-3H3,(H,24,25,26). The van der Waals surface area contributed by atoms with Crippen molar-refractivity contribution in [1.82, 2.24) is 9.97 Å². The number of aromatic nitrogens is 2. The summed E-state index contributed by atoms with van der Waals surface area (Å²) >= 11 is 0. The van der Waals surface area contributed by atoms with Crippen LogP contribution in [0.3, 0.4) is 0 Å². The van der Waals surface area contributed by atoms with Gasteiger partial charge in [0.15, 0.2) is 0 Å². The number of rotatable bonds is 4. The Kier molecular flexibility index (Phi) is 4.77. The van der Waals surface area contributed by atoms with Crippen LogP contribution in [0.25, 0.3) is 0 Å². The van der Waals surface area contributed by atoms with Gasteiger partial charge in [0.25, 0.3) is 0 Å². The maximum Gasteiger partial charge on any atom is 0.229 e. The number of aliphatic hydroxyl groups is 1. The van der Waals surface area contributed by atoms with Crippen molar-refractivity contribution >= 4 is 17.5 Å². The van der Waals surface area contributed by atoms with Crippen LogP contribution in [0.5, 0.6) is 0 Å². The van der Waals surface area contributed by atoms with Crippen LogP contribution in [0.1, 0.15) is 36.2 Å². The van der Waals surface area contributed by atoms with Gasteiger partial charge in [-0.25, -0.2) is 4.98 Å². The first kappa shape index (κ1) is 18.4. The molecule has 0 saturated carbocycles. The lowest BCUT2D eigenvalue weighted by molar-refractivity contribution is 0.0785. The summed E-state index contributed by atoms with van der Waals surface area (Å²) in [5.74, 6) is 1.55. The van der Waals surface area contributed by atoms with Gasteiger partial charge < -0.3 is 15.3 Å². The van der Waals surface area contributed by atoms with E-state index in [1.165, 1.54) is 11.1 Å². The maximum absolute atomic E-state index is 10.3. The fourth-order valence-corrected chi connectivity index (χ4v) is 3.55. The summed E-state index contributed by atoms with van der Waals surface area (Å²) in [6.45, 7) is 7.35. The van der Waals surface area contributed by atoms with Crippen molar-refractivity contribution in [3.05, 3.63) is 77.0 Å². The molecule has 0 bridgehead atoms. The summed E-state index contributed by atoms with van der Waals surface area (Å²) in [5.41, 5.74) is 4.66. The monoisotopic (exact) mass is 374 g/mol. The molecule has 144 valence electrons. The number of fused-ring (bicyclic) bond motifs is 1. The van der Waals surface area contributed by atoms with Gasteiger partial charge >= 0.3 is 0 Å². The summed E-state index contributed by atoms with van der Waals surface area (Å²) in [5, 5.41) is 13.6. The average molecular weight is 374 g/mol. The minimum absolute atomic E-state index is 0.615. The molecule has 1 aliphatic heterocycles. The fraction of sp³-hybridized carbons (Fsp3) is 0.304. The summed E-state index contributed by atoms with van der Waals surface area (Å²) in [6, 6.07) is 18.3. The maximum atomic E-state index is 10.3. The number of benzene rings is 2. The number of anilines is 3. The zero-order valence-electron chi connectivity index (χ0n) is 16.6. The van der Waals surface area contributed by atoms with Crippen molar-refractivity contribution in [2.75, 3.05) is 16.8 Å². The van der Waals surface area contributed by atoms with Gasteiger partial charge in [-0.3, -0.25) is 0 Å². The lowest BCUT2D eigenvalue weighted by Gasteiger charge is -2.31. The molecule has 0 saturated heterocycles. The van der Waals surface area contributed by atoms with Gasteiger partial charge in [-0.15, -0.1) is 0 Å². The Morgan fingerprint density at radius 1 is 1.00 bits per heavy atom. The largest absolute Gasteiger partial charge is 0.386 e. The summed E-state index contributed by atoms with van der Waals surface area (Å²) in [7, 11) is 0. The van der Waals surface area contributed by atoms with Crippen molar-refractivity contribution in [2.24, 2.45) is 0 Å². The van der Waals surface area contributed by atoms with Crippen LogP contribution in [-0.2, 0) is 18.6 Å². The molecule has 5 heteroatoms. The van der Waals surface area contributed by atoms with E-state index >= 15 is 0 Å². The van der Waals surface area contributed by atoms with E-state index in [1.54, 1.807) is 0 Å². The molecular weight excluding hydrogens is 348 g/mol. The molecule has 0 atom stereocenters. The predicted molar refractivity (Wildman–Crippen MR) is 113 cm³/mol. The average Bonchev–Trinajstić information content (AvgIpc) is 2.67. The van der Waals surface area contributed by atoms with Crippen molar-refractivity contribution in [3.63, 3.8) is 0 Å². The third-order valence-corrected chi connectivity index (χ3v) is 5.12. The van der Waals surface area contributed by atoms with Crippen molar-refractivity contribution < 1.29 is 5.11 Å². The van der Waals surface area contributed by atoms with E-state index in [2.05, 4.69) is 27.3 Å². The van der Waals surface area contributed by atoms with Crippen LogP contribution < -0.4 is 10.2 Å². The smallest absolute Gasteiger partial charge is 0.229 e. The molecule has 1 aromatic heterocycles. The molecule has 0 fully saturated rings. The third kappa shape index (κ3) is 3.99. The van der Waals surface area contributed by atoms with Gasteiger partial charge in [0, 0.05) is 30.5 Å². The van der Waals surface area contributed by atoms with Crippen molar-refractivity contribution in [1.29, 1.82) is 0 Å². The number of aryl methyl sites for hydroxylation is 1. The number of hydrogen-bond acceptors (Lipinski definition) is 5. The molecule has 0 spiro atoms. The van der Waals surface area contributed by atoms with Gasteiger partial charge in [-0.2, -0.15) is 4.98 Å². The van der Waals surface area contributed by atoms with Crippen LogP contribution >= 0.6 is 0 Å². The molecule has 4 rings (SSSR count). The molecule has 1 aliphatic rings. The van der Waals surface area contributed by atoms with E-state index in [0.29, 0.717) is 5.95 Å². The topological polar surface area (TPSA) is 61.3 Å². The van der Waals surface area contributed by atoms with Gasteiger partial charge in [-0.05, 0) is 56.0 Å². The Hall–Kier alpha value is -2.92. The Labute approximate surface area is 166 Å². The molecule has 2 heterocycles. The van der Waals surface area contributed by atoms with Crippen LogP contribution in [0, 0.1) is 6.92 Å². The SMILES string of the molecule is Cc1cc(N2CCc3cc(C(C)(C)O)ccc3C2)nc(Nc2ccccc2)n1. The summed E-state index contributed by atoms with van der Waals surface area (Å²) in [4.78, 5) is 11.6. The van der Waals surface area contributed by atoms with Crippen LogP contribution in [0.4, 0.5) is 17.5 Å². The molecule has 28 heavy (non-hydrogen) atoms. The van der Waals surface area contributed by atoms with E-state index in [0.717, 1.165) is 42.3 Å². The van der Waals surface area contributed by atoms with Gasteiger partial charge in [0.05, 0.1) is 5.60 Å². The van der Waals surface area contributed by atoms with Crippen molar-refractivity contribution in [2.45, 2.75) is 39.3 Å². The molecule has 0 aliphatic carbocycles. The summed E-state index contributed by atoms with van der Waals surface area (Å²) in [6.07, 6.45) is 0.934. The number of hydrogen-bond donors (Lipinski definition) is 2. The first-order chi connectivity index (χ1) is 13.4. The first-order valence-corrected chi connectivity index (χ1v) is 9.66. The Morgan fingerprint density at radius 3 is 2.54 bits per heavy atom. The Bertz CT molecular complexity index is 980. The quantitative estimate of drug-likeness (QED) is 0.712. The van der Waals surface area contributed by atoms with E-state index in [4.69, 9.17) is 4.98 Å². The molecule has 3 aromatic rings. The normalized spacial score (nSPS) is 13.9. The molecule has 5 nitrogen and oxygen atoms in total. The van der Waals surface area contributed by atoms with Gasteiger partial charge in [0.2, 0.25) is 5.95 Å². The van der Waals surface area contributed by atoms with E-state index < -0.39 is 5.60 Å². The number of para-hydroxylation sites is 1. The molecular formula is C23H26N4O. The highest BCUT2D eigenvalue weighted by Gasteiger charge is 2.22. The molecule has 0 amide bonds.